The number of hydrogen-bond acceptors (Lipinski definition) is 2. The van der Waals surface area contributed by atoms with Crippen molar-refractivity contribution in [3.05, 3.63) is 34.1 Å². The summed E-state index contributed by atoms with van der Waals surface area (Å²) in [6, 6.07) is 5.02. The summed E-state index contributed by atoms with van der Waals surface area (Å²) in [6.45, 7) is 5.60. The maximum atomic E-state index is 13.4. The van der Waals surface area contributed by atoms with Gasteiger partial charge in [0.25, 0.3) is 0 Å². The average molecular weight is 343 g/mol. The number of rotatable bonds is 3. The second-order valence-electron chi connectivity index (χ2n) is 6.53. The van der Waals surface area contributed by atoms with Gasteiger partial charge in [-0.25, -0.2) is 4.39 Å². The molecule has 1 aliphatic carbocycles. The van der Waals surface area contributed by atoms with Crippen LogP contribution < -0.4 is 0 Å². The molecule has 0 amide bonds. The maximum Gasteiger partial charge on any atom is 0.307 e. The Morgan fingerprint density at radius 1 is 1.40 bits per heavy atom. The number of benzene rings is 1. The summed E-state index contributed by atoms with van der Waals surface area (Å²) in [6.07, 6.45) is 3.36. The van der Waals surface area contributed by atoms with Crippen molar-refractivity contribution >= 4 is 21.9 Å². The van der Waals surface area contributed by atoms with Gasteiger partial charge in [0, 0.05) is 5.41 Å². The van der Waals surface area contributed by atoms with Crippen LogP contribution in [-0.2, 0) is 14.9 Å². The molecule has 1 aliphatic rings. The predicted octanol–water partition coefficient (Wildman–Crippen LogP) is 4.74. The van der Waals surface area contributed by atoms with Crippen LogP contribution in [-0.4, -0.2) is 11.6 Å². The second kappa shape index (κ2) is 5.47. The van der Waals surface area contributed by atoms with E-state index in [1.165, 1.54) is 6.07 Å². The molecule has 0 N–H and O–H groups in total. The van der Waals surface area contributed by atoms with E-state index in [-0.39, 0.29) is 17.2 Å². The monoisotopic (exact) mass is 342 g/mol. The van der Waals surface area contributed by atoms with Crippen LogP contribution in [0.1, 0.15) is 52.0 Å². The molecular formula is C16H20BrFO2. The van der Waals surface area contributed by atoms with Crippen LogP contribution in [0.3, 0.4) is 0 Å². The van der Waals surface area contributed by atoms with Crippen molar-refractivity contribution in [1.29, 1.82) is 0 Å². The quantitative estimate of drug-likeness (QED) is 0.741. The third-order valence-corrected chi connectivity index (χ3v) is 4.35. The standard InChI is InChI=1S/C16H20BrFO2/c1-15(2,3)20-14(19)10-16(7-4-8-16)11-5-6-13(18)12(17)9-11/h5-6,9H,4,7-8,10H2,1-3H3. The Balaban J connectivity index is 2.17. The number of halogens is 2. The second-order valence-corrected chi connectivity index (χ2v) is 7.38. The Morgan fingerprint density at radius 3 is 2.50 bits per heavy atom. The first-order valence-electron chi connectivity index (χ1n) is 6.89. The van der Waals surface area contributed by atoms with Gasteiger partial charge in [-0.15, -0.1) is 0 Å². The van der Waals surface area contributed by atoms with Crippen LogP contribution in [0.5, 0.6) is 0 Å². The van der Waals surface area contributed by atoms with E-state index < -0.39 is 5.60 Å². The molecule has 1 aromatic carbocycles. The lowest BCUT2D eigenvalue weighted by Gasteiger charge is -2.42. The van der Waals surface area contributed by atoms with Gasteiger partial charge in [-0.3, -0.25) is 4.79 Å². The van der Waals surface area contributed by atoms with E-state index in [0.29, 0.717) is 10.9 Å². The Bertz CT molecular complexity index is 516. The van der Waals surface area contributed by atoms with Crippen molar-refractivity contribution in [2.24, 2.45) is 0 Å². The first kappa shape index (κ1) is 15.5. The molecule has 20 heavy (non-hydrogen) atoms. The van der Waals surface area contributed by atoms with Gasteiger partial charge in [-0.1, -0.05) is 12.5 Å². The number of ether oxygens (including phenoxy) is 1. The highest BCUT2D eigenvalue weighted by Crippen LogP contribution is 2.47. The van der Waals surface area contributed by atoms with Crippen LogP contribution in [0.2, 0.25) is 0 Å². The number of hydrogen-bond donors (Lipinski definition) is 0. The largest absolute Gasteiger partial charge is 0.460 e. The summed E-state index contributed by atoms with van der Waals surface area (Å²) in [4.78, 5) is 12.1. The molecular weight excluding hydrogens is 323 g/mol. The Hall–Kier alpha value is -0.900. The lowest BCUT2D eigenvalue weighted by Crippen LogP contribution is -2.38. The molecule has 2 nitrogen and oxygen atoms in total. The van der Waals surface area contributed by atoms with Gasteiger partial charge < -0.3 is 4.74 Å². The molecule has 1 saturated carbocycles. The van der Waals surface area contributed by atoms with Gasteiger partial charge in [0.1, 0.15) is 11.4 Å². The summed E-state index contributed by atoms with van der Waals surface area (Å²) in [5.41, 5.74) is 0.368. The number of carbonyl (C=O) groups is 1. The molecule has 0 unspecified atom stereocenters. The molecule has 1 fully saturated rings. The zero-order valence-electron chi connectivity index (χ0n) is 12.1. The van der Waals surface area contributed by atoms with E-state index in [2.05, 4.69) is 15.9 Å². The topological polar surface area (TPSA) is 26.3 Å². The number of esters is 1. The van der Waals surface area contributed by atoms with Crippen molar-refractivity contribution in [3.63, 3.8) is 0 Å². The molecule has 0 spiro atoms. The van der Waals surface area contributed by atoms with E-state index in [4.69, 9.17) is 4.74 Å². The van der Waals surface area contributed by atoms with Gasteiger partial charge in [0.2, 0.25) is 0 Å². The molecule has 4 heteroatoms. The minimum atomic E-state index is -0.467. The predicted molar refractivity (Wildman–Crippen MR) is 80.1 cm³/mol. The lowest BCUT2D eigenvalue weighted by atomic mass is 9.62. The van der Waals surface area contributed by atoms with Crippen molar-refractivity contribution in [1.82, 2.24) is 0 Å². The Morgan fingerprint density at radius 2 is 2.05 bits per heavy atom. The molecule has 0 atom stereocenters. The molecule has 0 heterocycles. The van der Waals surface area contributed by atoms with Gasteiger partial charge in [-0.05, 0) is 67.2 Å². The molecule has 0 aliphatic heterocycles. The number of carbonyl (C=O) groups excluding carboxylic acids is 1. The van der Waals surface area contributed by atoms with Crippen molar-refractivity contribution in [3.8, 4) is 0 Å². The van der Waals surface area contributed by atoms with Gasteiger partial charge in [-0.2, -0.15) is 0 Å². The van der Waals surface area contributed by atoms with Crippen LogP contribution in [0.25, 0.3) is 0 Å². The van der Waals surface area contributed by atoms with Crippen molar-refractivity contribution in [2.75, 3.05) is 0 Å². The molecule has 0 aromatic heterocycles. The Labute approximate surface area is 127 Å². The highest BCUT2D eigenvalue weighted by Gasteiger charge is 2.41. The van der Waals surface area contributed by atoms with E-state index in [0.717, 1.165) is 24.8 Å². The summed E-state index contributed by atoms with van der Waals surface area (Å²) in [5.74, 6) is -0.460. The molecule has 0 bridgehead atoms. The van der Waals surface area contributed by atoms with E-state index in [9.17, 15) is 9.18 Å². The molecule has 110 valence electrons. The first-order valence-corrected chi connectivity index (χ1v) is 7.69. The summed E-state index contributed by atoms with van der Waals surface area (Å²) < 4.78 is 19.2. The maximum absolute atomic E-state index is 13.4. The minimum absolute atomic E-state index is 0.182. The van der Waals surface area contributed by atoms with Gasteiger partial charge in [0.05, 0.1) is 10.9 Å². The third kappa shape index (κ3) is 3.40. The zero-order valence-corrected chi connectivity index (χ0v) is 13.7. The van der Waals surface area contributed by atoms with Crippen LogP contribution in [0.15, 0.2) is 22.7 Å². The molecule has 0 saturated heterocycles. The van der Waals surface area contributed by atoms with Gasteiger partial charge >= 0.3 is 5.97 Å². The average Bonchev–Trinajstić information content (AvgIpc) is 2.25. The first-order chi connectivity index (χ1) is 9.22. The minimum Gasteiger partial charge on any atom is -0.460 e. The third-order valence-electron chi connectivity index (χ3n) is 3.75. The van der Waals surface area contributed by atoms with Crippen molar-refractivity contribution < 1.29 is 13.9 Å². The summed E-state index contributed by atoms with van der Waals surface area (Å²) in [5, 5.41) is 0. The molecule has 1 aromatic rings. The van der Waals surface area contributed by atoms with E-state index in [1.54, 1.807) is 12.1 Å². The summed E-state index contributed by atoms with van der Waals surface area (Å²) in [7, 11) is 0. The Kier molecular flexibility index (Phi) is 4.24. The zero-order chi connectivity index (χ0) is 15.0. The fraction of sp³-hybridized carbons (Fsp3) is 0.562. The van der Waals surface area contributed by atoms with Gasteiger partial charge in [0.15, 0.2) is 0 Å². The van der Waals surface area contributed by atoms with E-state index >= 15 is 0 Å². The molecule has 0 radical (unpaired) electrons. The fourth-order valence-corrected chi connectivity index (χ4v) is 3.03. The molecule has 2 rings (SSSR count). The highest BCUT2D eigenvalue weighted by molar-refractivity contribution is 9.10. The van der Waals surface area contributed by atoms with E-state index in [1.807, 2.05) is 20.8 Å². The fourth-order valence-electron chi connectivity index (χ4n) is 2.65. The van der Waals surface area contributed by atoms with Crippen LogP contribution in [0.4, 0.5) is 4.39 Å². The van der Waals surface area contributed by atoms with Crippen LogP contribution >= 0.6 is 15.9 Å². The summed E-state index contributed by atoms with van der Waals surface area (Å²) >= 11 is 3.22. The smallest absolute Gasteiger partial charge is 0.307 e. The van der Waals surface area contributed by atoms with Crippen molar-refractivity contribution in [2.45, 2.75) is 57.5 Å². The SMILES string of the molecule is CC(C)(C)OC(=O)CC1(c2ccc(F)c(Br)c2)CCC1. The van der Waals surface area contributed by atoms with Crippen LogP contribution in [0, 0.1) is 5.82 Å². The normalized spacial score (nSPS) is 17.4. The lowest BCUT2D eigenvalue weighted by molar-refractivity contribution is -0.157. The highest BCUT2D eigenvalue weighted by atomic mass is 79.9.